The van der Waals surface area contributed by atoms with Gasteiger partial charge in [-0.1, -0.05) is 207 Å². The molecule has 1 fully saturated rings. The van der Waals surface area contributed by atoms with E-state index >= 15 is 0 Å². The van der Waals surface area contributed by atoms with Crippen molar-refractivity contribution in [3.63, 3.8) is 0 Å². The Morgan fingerprint density at radius 1 is 0.441 bits per heavy atom. The number of benzene rings is 10. The Kier molecular flexibility index (Phi) is 9.98. The molecule has 2 aliphatic rings. The van der Waals surface area contributed by atoms with Crippen molar-refractivity contribution in [2.75, 3.05) is 4.90 Å². The maximum Gasteiger partial charge on any atom is 0.0540 e. The van der Waals surface area contributed by atoms with E-state index in [1.165, 1.54) is 130 Å². The highest BCUT2D eigenvalue weighted by Crippen LogP contribution is 2.54. The molecule has 13 rings (SSSR count). The van der Waals surface area contributed by atoms with Crippen LogP contribution in [0.15, 0.2) is 224 Å². The molecule has 0 N–H and O–H groups in total. The molecule has 0 bridgehead atoms. The number of fused-ring (bicyclic) bond motifs is 7. The molecule has 1 aromatic heterocycles. The van der Waals surface area contributed by atoms with E-state index in [-0.39, 0.29) is 5.41 Å². The fraction of sp³-hybridized carbons (Fsp3) is 0.121. The highest BCUT2D eigenvalue weighted by molar-refractivity contribution is 7.26. The lowest BCUT2D eigenvalue weighted by Gasteiger charge is -2.31. The second-order valence-electron chi connectivity index (χ2n) is 19.1. The third kappa shape index (κ3) is 6.57. The lowest BCUT2D eigenvalue weighted by molar-refractivity contribution is 0.445. The van der Waals surface area contributed by atoms with Crippen LogP contribution < -0.4 is 4.90 Å². The first-order valence-electron chi connectivity index (χ1n) is 24.4. The predicted octanol–water partition coefficient (Wildman–Crippen LogP) is 19.1. The lowest BCUT2D eigenvalue weighted by Crippen LogP contribution is -2.22. The Hall–Kier alpha value is -7.52. The maximum atomic E-state index is 2.54. The van der Waals surface area contributed by atoms with Crippen LogP contribution in [0.1, 0.15) is 67.2 Å². The fourth-order valence-electron chi connectivity index (χ4n) is 12.1. The van der Waals surface area contributed by atoms with Gasteiger partial charge >= 0.3 is 0 Å². The second-order valence-corrected chi connectivity index (χ2v) is 20.1. The summed E-state index contributed by atoms with van der Waals surface area (Å²) in [5, 5.41) is 5.35. The van der Waals surface area contributed by atoms with Crippen LogP contribution in [0.5, 0.6) is 0 Å². The first-order valence-corrected chi connectivity index (χ1v) is 25.3. The minimum Gasteiger partial charge on any atom is -0.309 e. The predicted molar refractivity (Wildman–Crippen MR) is 291 cm³/mol. The van der Waals surface area contributed by atoms with Crippen molar-refractivity contribution < 1.29 is 0 Å². The topological polar surface area (TPSA) is 3.24 Å². The van der Waals surface area contributed by atoms with Crippen LogP contribution in [0.4, 0.5) is 17.1 Å². The summed E-state index contributed by atoms with van der Waals surface area (Å²) in [7, 11) is 0. The van der Waals surface area contributed by atoms with Crippen LogP contribution in [0, 0.1) is 0 Å². The van der Waals surface area contributed by atoms with Crippen LogP contribution in [0.3, 0.4) is 0 Å². The van der Waals surface area contributed by atoms with Crippen LogP contribution >= 0.6 is 11.3 Å². The summed E-state index contributed by atoms with van der Waals surface area (Å²) in [6.45, 7) is 2.41. The molecule has 326 valence electrons. The molecule has 2 aliphatic carbocycles. The zero-order valence-electron chi connectivity index (χ0n) is 38.3. The molecule has 10 aromatic carbocycles. The van der Waals surface area contributed by atoms with E-state index in [4.69, 9.17) is 0 Å². The van der Waals surface area contributed by atoms with Gasteiger partial charge in [0.15, 0.2) is 0 Å². The molecule has 0 saturated heterocycles. The Balaban J connectivity index is 1.02. The van der Waals surface area contributed by atoms with Gasteiger partial charge in [0.25, 0.3) is 0 Å². The Morgan fingerprint density at radius 2 is 1.04 bits per heavy atom. The van der Waals surface area contributed by atoms with E-state index in [9.17, 15) is 0 Å². The van der Waals surface area contributed by atoms with Crippen LogP contribution in [0.2, 0.25) is 0 Å². The largest absolute Gasteiger partial charge is 0.309 e. The van der Waals surface area contributed by atoms with Crippen molar-refractivity contribution >= 4 is 59.3 Å². The summed E-state index contributed by atoms with van der Waals surface area (Å²) in [6, 6.07) is 84.4. The second kappa shape index (κ2) is 16.7. The number of nitrogens with zero attached hydrogens (tertiary/aromatic N) is 1. The SMILES string of the molecule is CC1(c2ccccc2)c2ccccc2-c2ccc(-c3ccccc3N(c3ccc(-c4cccc5c4sc4ccccc45)cc3)c3ccccc3-c3cccc4cccc(C5CCCCC5)c34)cc21. The maximum absolute atomic E-state index is 2.54. The number of rotatable bonds is 8. The molecule has 2 heteroatoms. The first kappa shape index (κ1) is 40.7. The molecule has 11 aromatic rings. The molecule has 1 nitrogen and oxygen atoms in total. The molecule has 1 unspecified atom stereocenters. The quantitative estimate of drug-likeness (QED) is 0.147. The van der Waals surface area contributed by atoms with Gasteiger partial charge in [0.2, 0.25) is 0 Å². The van der Waals surface area contributed by atoms with E-state index in [1.54, 1.807) is 0 Å². The average Bonchev–Trinajstić information content (AvgIpc) is 3.92. The van der Waals surface area contributed by atoms with Gasteiger partial charge in [-0.3, -0.25) is 0 Å². The summed E-state index contributed by atoms with van der Waals surface area (Å²) in [5.74, 6) is 0.572. The standard InChI is InChI=1S/C66H51NS/c1-66(48-23-6-3-7-24-48)59-33-12-8-26-53(59)54-42-39-47(43-60(54)66)50-25-9-13-34-61(50)67(49-40-37-45(38-41-49)52-30-18-32-58-56-28-11-15-36-63(56)68-65(52)58)62-35-14-10-27-55(62)57-31-17-22-46-21-16-29-51(64(46)57)44-19-4-2-5-20-44/h3,6-18,21-44H,2,4-5,19-20H2,1H3. The molecule has 1 saturated carbocycles. The molecule has 0 amide bonds. The van der Waals surface area contributed by atoms with E-state index < -0.39 is 0 Å². The van der Waals surface area contributed by atoms with Crippen molar-refractivity contribution in [1.29, 1.82) is 0 Å². The van der Waals surface area contributed by atoms with Crippen LogP contribution in [-0.2, 0) is 5.41 Å². The van der Waals surface area contributed by atoms with Crippen molar-refractivity contribution in [2.45, 2.75) is 50.4 Å². The Labute approximate surface area is 403 Å². The van der Waals surface area contributed by atoms with Gasteiger partial charge in [0.05, 0.1) is 11.4 Å². The molecule has 0 radical (unpaired) electrons. The minimum atomic E-state index is -0.304. The van der Waals surface area contributed by atoms with Crippen molar-refractivity contribution in [3.8, 4) is 44.5 Å². The van der Waals surface area contributed by atoms with E-state index in [0.29, 0.717) is 5.92 Å². The number of hydrogen-bond donors (Lipinski definition) is 0. The monoisotopic (exact) mass is 889 g/mol. The Bertz CT molecular complexity index is 3680. The van der Waals surface area contributed by atoms with Crippen molar-refractivity contribution in [1.82, 2.24) is 0 Å². The van der Waals surface area contributed by atoms with E-state index in [0.717, 1.165) is 17.1 Å². The van der Waals surface area contributed by atoms with Gasteiger partial charge < -0.3 is 4.90 Å². The normalized spacial score (nSPS) is 15.7. The van der Waals surface area contributed by atoms with Gasteiger partial charge in [-0.25, -0.2) is 0 Å². The molecule has 0 aliphatic heterocycles. The summed E-state index contributed by atoms with van der Waals surface area (Å²) in [4.78, 5) is 2.54. The highest BCUT2D eigenvalue weighted by Gasteiger charge is 2.41. The zero-order valence-corrected chi connectivity index (χ0v) is 39.1. The Morgan fingerprint density at radius 3 is 1.87 bits per heavy atom. The molecule has 1 heterocycles. The minimum absolute atomic E-state index is 0.304. The average molecular weight is 890 g/mol. The van der Waals surface area contributed by atoms with Crippen molar-refractivity contribution in [3.05, 3.63) is 247 Å². The van der Waals surface area contributed by atoms with Gasteiger partial charge in [0.1, 0.15) is 0 Å². The fourth-order valence-corrected chi connectivity index (χ4v) is 13.3. The molecule has 0 spiro atoms. The highest BCUT2D eigenvalue weighted by atomic mass is 32.1. The van der Waals surface area contributed by atoms with E-state index in [2.05, 4.69) is 236 Å². The zero-order chi connectivity index (χ0) is 45.2. The number of thiophene rings is 1. The van der Waals surface area contributed by atoms with E-state index in [1.807, 2.05) is 11.3 Å². The smallest absolute Gasteiger partial charge is 0.0540 e. The summed E-state index contributed by atoms with van der Waals surface area (Å²) < 4.78 is 2.66. The first-order chi connectivity index (χ1) is 33.6. The third-order valence-corrected chi connectivity index (χ3v) is 16.6. The summed E-state index contributed by atoms with van der Waals surface area (Å²) in [6.07, 6.45) is 6.46. The van der Waals surface area contributed by atoms with Gasteiger partial charge in [-0.05, 0) is 128 Å². The van der Waals surface area contributed by atoms with Crippen molar-refractivity contribution in [2.24, 2.45) is 0 Å². The lowest BCUT2D eigenvalue weighted by atomic mass is 9.74. The van der Waals surface area contributed by atoms with Gasteiger partial charge in [-0.15, -0.1) is 11.3 Å². The summed E-state index contributed by atoms with van der Waals surface area (Å²) >= 11 is 1.89. The molecule has 1 atom stereocenters. The number of para-hydroxylation sites is 2. The number of hydrogen-bond acceptors (Lipinski definition) is 2. The van der Waals surface area contributed by atoms with Gasteiger partial charge in [-0.2, -0.15) is 0 Å². The van der Waals surface area contributed by atoms with Crippen LogP contribution in [0.25, 0.3) is 75.5 Å². The molecular weight excluding hydrogens is 839 g/mol. The number of anilines is 3. The third-order valence-electron chi connectivity index (χ3n) is 15.4. The molecular formula is C66H51NS. The summed E-state index contributed by atoms with van der Waals surface area (Å²) in [5.41, 5.74) is 18.7. The van der Waals surface area contributed by atoms with Crippen LogP contribution in [-0.4, -0.2) is 0 Å². The van der Waals surface area contributed by atoms with Gasteiger partial charge in [0, 0.05) is 42.4 Å². The molecule has 68 heavy (non-hydrogen) atoms.